The second-order valence-corrected chi connectivity index (χ2v) is 7.06. The number of halogens is 1. The molecule has 1 heterocycles. The Kier molecular flexibility index (Phi) is 4.95. The summed E-state index contributed by atoms with van der Waals surface area (Å²) in [6.45, 7) is 3.11. The molecule has 0 aliphatic heterocycles. The van der Waals surface area contributed by atoms with Gasteiger partial charge in [0.15, 0.2) is 0 Å². The maximum absolute atomic E-state index is 12.0. The van der Waals surface area contributed by atoms with E-state index >= 15 is 0 Å². The third kappa shape index (κ3) is 3.91. The molecule has 1 aromatic heterocycles. The molecule has 20 heavy (non-hydrogen) atoms. The van der Waals surface area contributed by atoms with Crippen LogP contribution in [-0.4, -0.2) is 32.2 Å². The summed E-state index contributed by atoms with van der Waals surface area (Å²) < 4.78 is 27.4. The first-order valence-corrected chi connectivity index (χ1v) is 8.72. The Labute approximate surface area is 127 Å². The van der Waals surface area contributed by atoms with Crippen molar-refractivity contribution in [2.75, 3.05) is 23.6 Å². The van der Waals surface area contributed by atoms with Crippen LogP contribution in [0.15, 0.2) is 34.9 Å². The number of anilines is 1. The molecular formula is C13H16BrN3O2S. The van der Waals surface area contributed by atoms with Crippen LogP contribution in [0.4, 0.5) is 5.69 Å². The highest BCUT2D eigenvalue weighted by atomic mass is 79.9. The number of hydrogen-bond acceptors (Lipinski definition) is 4. The third-order valence-electron chi connectivity index (χ3n) is 2.74. The fourth-order valence-corrected chi connectivity index (χ4v) is 3.18. The van der Waals surface area contributed by atoms with E-state index in [0.29, 0.717) is 17.7 Å². The Hall–Kier alpha value is -1.18. The maximum Gasteiger partial charge on any atom is 0.234 e. The first-order valence-electron chi connectivity index (χ1n) is 6.27. The lowest BCUT2D eigenvalue weighted by Gasteiger charge is -2.10. The summed E-state index contributed by atoms with van der Waals surface area (Å²) in [5.74, 6) is 0.0355. The van der Waals surface area contributed by atoms with Gasteiger partial charge in [0.2, 0.25) is 10.0 Å². The van der Waals surface area contributed by atoms with Gasteiger partial charge in [-0.2, -0.15) is 0 Å². The van der Waals surface area contributed by atoms with E-state index in [1.807, 2.05) is 19.1 Å². The molecule has 0 amide bonds. The highest BCUT2D eigenvalue weighted by Crippen LogP contribution is 2.24. The number of pyridine rings is 1. The van der Waals surface area contributed by atoms with Crippen LogP contribution >= 0.6 is 15.9 Å². The zero-order chi connectivity index (χ0) is 14.6. The Morgan fingerprint density at radius 3 is 2.90 bits per heavy atom. The van der Waals surface area contributed by atoms with Crippen molar-refractivity contribution in [2.45, 2.75) is 6.92 Å². The van der Waals surface area contributed by atoms with Gasteiger partial charge in [0.25, 0.3) is 0 Å². The van der Waals surface area contributed by atoms with E-state index in [9.17, 15) is 8.42 Å². The molecule has 7 heteroatoms. The molecule has 1 aromatic carbocycles. The molecule has 0 saturated carbocycles. The van der Waals surface area contributed by atoms with Gasteiger partial charge in [-0.3, -0.25) is 9.71 Å². The van der Waals surface area contributed by atoms with Crippen molar-refractivity contribution in [2.24, 2.45) is 0 Å². The maximum atomic E-state index is 12.0. The summed E-state index contributed by atoms with van der Waals surface area (Å²) in [4.78, 5) is 4.27. The lowest BCUT2D eigenvalue weighted by atomic mass is 10.2. The molecule has 2 aromatic rings. The molecule has 2 N–H and O–H groups in total. The topological polar surface area (TPSA) is 71.1 Å². The quantitative estimate of drug-likeness (QED) is 0.778. The molecule has 0 fully saturated rings. The molecule has 0 aliphatic rings. The molecule has 0 bridgehead atoms. The summed E-state index contributed by atoms with van der Waals surface area (Å²) in [6, 6.07) is 7.31. The van der Waals surface area contributed by atoms with Crippen LogP contribution in [0.2, 0.25) is 0 Å². The predicted molar refractivity (Wildman–Crippen MR) is 85.4 cm³/mol. The van der Waals surface area contributed by atoms with Crippen LogP contribution in [-0.2, 0) is 10.0 Å². The Bertz CT molecular complexity index is 704. The van der Waals surface area contributed by atoms with Crippen molar-refractivity contribution in [1.82, 2.24) is 10.3 Å². The second-order valence-electron chi connectivity index (χ2n) is 4.31. The smallest absolute Gasteiger partial charge is 0.234 e. The van der Waals surface area contributed by atoms with E-state index in [0.717, 1.165) is 16.4 Å². The van der Waals surface area contributed by atoms with E-state index < -0.39 is 10.0 Å². The van der Waals surface area contributed by atoms with Crippen LogP contribution in [0.5, 0.6) is 0 Å². The Morgan fingerprint density at radius 2 is 2.15 bits per heavy atom. The van der Waals surface area contributed by atoms with Crippen molar-refractivity contribution < 1.29 is 8.42 Å². The summed E-state index contributed by atoms with van der Waals surface area (Å²) in [6.07, 6.45) is 1.65. The standard InChI is InChI=1S/C13H16BrN3O2S/c1-2-15-6-7-20(18,19)17-12-5-3-4-10-8-11(14)9-16-13(10)12/h3-5,8-9,15,17H,2,6-7H2,1H3. The van der Waals surface area contributed by atoms with E-state index in [-0.39, 0.29) is 5.75 Å². The highest BCUT2D eigenvalue weighted by molar-refractivity contribution is 9.10. The summed E-state index contributed by atoms with van der Waals surface area (Å²) >= 11 is 3.35. The van der Waals surface area contributed by atoms with Gasteiger partial charge in [-0.05, 0) is 34.6 Å². The predicted octanol–water partition coefficient (Wildman–Crippen LogP) is 2.35. The minimum atomic E-state index is -3.37. The monoisotopic (exact) mass is 357 g/mol. The van der Waals surface area contributed by atoms with E-state index in [1.54, 1.807) is 18.3 Å². The Morgan fingerprint density at radius 1 is 1.35 bits per heavy atom. The van der Waals surface area contributed by atoms with Gasteiger partial charge in [0.1, 0.15) is 0 Å². The van der Waals surface area contributed by atoms with Crippen molar-refractivity contribution >= 4 is 42.5 Å². The van der Waals surface area contributed by atoms with Crippen LogP contribution in [0.25, 0.3) is 10.9 Å². The molecule has 5 nitrogen and oxygen atoms in total. The van der Waals surface area contributed by atoms with Gasteiger partial charge >= 0.3 is 0 Å². The summed E-state index contributed by atoms with van der Waals surface area (Å²) in [5, 5.41) is 3.87. The molecule has 0 saturated heterocycles. The van der Waals surface area contributed by atoms with Gasteiger partial charge in [-0.15, -0.1) is 0 Å². The average molecular weight is 358 g/mol. The lowest BCUT2D eigenvalue weighted by molar-refractivity contribution is 0.597. The van der Waals surface area contributed by atoms with Crippen LogP contribution in [0, 0.1) is 0 Å². The molecule has 108 valence electrons. The first kappa shape index (κ1) is 15.2. The number of fused-ring (bicyclic) bond motifs is 1. The van der Waals surface area contributed by atoms with Gasteiger partial charge in [0.05, 0.1) is 17.0 Å². The Balaban J connectivity index is 2.25. The second kappa shape index (κ2) is 6.51. The van der Waals surface area contributed by atoms with Crippen molar-refractivity contribution in [1.29, 1.82) is 0 Å². The van der Waals surface area contributed by atoms with Crippen LogP contribution < -0.4 is 10.0 Å². The molecule has 0 spiro atoms. The number of aromatic nitrogens is 1. The van der Waals surface area contributed by atoms with Gasteiger partial charge < -0.3 is 5.32 Å². The minimum Gasteiger partial charge on any atom is -0.316 e. The van der Waals surface area contributed by atoms with Crippen molar-refractivity contribution in [3.8, 4) is 0 Å². The number of hydrogen-bond donors (Lipinski definition) is 2. The lowest BCUT2D eigenvalue weighted by Crippen LogP contribution is -2.26. The van der Waals surface area contributed by atoms with Gasteiger partial charge in [0, 0.05) is 22.6 Å². The number of nitrogens with one attached hydrogen (secondary N) is 2. The molecule has 0 atom stereocenters. The molecule has 0 unspecified atom stereocenters. The first-order chi connectivity index (χ1) is 9.52. The van der Waals surface area contributed by atoms with Crippen LogP contribution in [0.1, 0.15) is 6.92 Å². The van der Waals surface area contributed by atoms with Gasteiger partial charge in [-0.25, -0.2) is 8.42 Å². The number of nitrogens with zero attached hydrogens (tertiary/aromatic N) is 1. The molecule has 2 rings (SSSR count). The van der Waals surface area contributed by atoms with Gasteiger partial charge in [-0.1, -0.05) is 19.1 Å². The van der Waals surface area contributed by atoms with E-state index in [2.05, 4.69) is 31.0 Å². The van der Waals surface area contributed by atoms with Crippen molar-refractivity contribution in [3.63, 3.8) is 0 Å². The van der Waals surface area contributed by atoms with Crippen molar-refractivity contribution in [3.05, 3.63) is 34.9 Å². The largest absolute Gasteiger partial charge is 0.316 e. The minimum absolute atomic E-state index is 0.0355. The zero-order valence-corrected chi connectivity index (χ0v) is 13.5. The SMILES string of the molecule is CCNCCS(=O)(=O)Nc1cccc2cc(Br)cnc12. The number of para-hydroxylation sites is 1. The summed E-state index contributed by atoms with van der Waals surface area (Å²) in [5.41, 5.74) is 1.15. The normalized spacial score (nSPS) is 11.7. The highest BCUT2D eigenvalue weighted by Gasteiger charge is 2.12. The fraction of sp³-hybridized carbons (Fsp3) is 0.308. The molecule has 0 aliphatic carbocycles. The zero-order valence-electron chi connectivity index (χ0n) is 11.1. The molecular weight excluding hydrogens is 342 g/mol. The van der Waals surface area contributed by atoms with Crippen LogP contribution in [0.3, 0.4) is 0 Å². The average Bonchev–Trinajstić information content (AvgIpc) is 2.38. The summed E-state index contributed by atoms with van der Waals surface area (Å²) in [7, 11) is -3.37. The number of sulfonamides is 1. The van der Waals surface area contributed by atoms with E-state index in [4.69, 9.17) is 0 Å². The molecule has 0 radical (unpaired) electrons. The number of rotatable bonds is 6. The number of benzene rings is 1. The third-order valence-corrected chi connectivity index (χ3v) is 4.45. The van der Waals surface area contributed by atoms with E-state index in [1.165, 1.54) is 0 Å². The fourth-order valence-electron chi connectivity index (χ4n) is 1.82.